The third kappa shape index (κ3) is 5.75. The summed E-state index contributed by atoms with van der Waals surface area (Å²) >= 11 is 0. The van der Waals surface area contributed by atoms with Gasteiger partial charge in [0.05, 0.1) is 6.42 Å². The number of benzene rings is 2. The molecule has 0 aliphatic carbocycles. The monoisotopic (exact) mass is 425 g/mol. The summed E-state index contributed by atoms with van der Waals surface area (Å²) in [5.74, 6) is -0.762. The van der Waals surface area contributed by atoms with Gasteiger partial charge < -0.3 is 14.6 Å². The highest BCUT2D eigenvalue weighted by Crippen LogP contribution is 2.22. The van der Waals surface area contributed by atoms with Crippen LogP contribution in [0.5, 0.6) is 0 Å². The molecule has 8 heteroatoms. The van der Waals surface area contributed by atoms with E-state index in [1.807, 2.05) is 32.9 Å². The van der Waals surface area contributed by atoms with E-state index in [-0.39, 0.29) is 24.5 Å². The summed E-state index contributed by atoms with van der Waals surface area (Å²) in [6.07, 6.45) is -0.812. The summed E-state index contributed by atoms with van der Waals surface area (Å²) in [4.78, 5) is 28.8. The number of nitrogens with zero attached hydrogens (tertiary/aromatic N) is 2. The Bertz CT molecular complexity index is 1070. The Hall–Kier alpha value is -3.55. The third-order valence-corrected chi connectivity index (χ3v) is 4.72. The van der Waals surface area contributed by atoms with E-state index >= 15 is 0 Å². The minimum atomic E-state index is -0.954. The van der Waals surface area contributed by atoms with Gasteiger partial charge in [0.2, 0.25) is 11.7 Å². The molecule has 0 aliphatic heterocycles. The van der Waals surface area contributed by atoms with Crippen molar-refractivity contribution in [2.24, 2.45) is 0 Å². The lowest BCUT2D eigenvalue weighted by atomic mass is 10.0. The minimum Gasteiger partial charge on any atom is -0.453 e. The maximum atomic E-state index is 13.0. The number of carbonyl (C=O) groups excluding carboxylic acids is 2. The van der Waals surface area contributed by atoms with Gasteiger partial charge in [-0.15, -0.1) is 0 Å². The summed E-state index contributed by atoms with van der Waals surface area (Å²) in [5.41, 5.74) is 4.31. The Morgan fingerprint density at radius 1 is 1.13 bits per heavy atom. The summed E-state index contributed by atoms with van der Waals surface area (Å²) in [6.45, 7) is 7.33. The van der Waals surface area contributed by atoms with Crippen LogP contribution in [0.1, 0.15) is 35.9 Å². The molecule has 0 aliphatic rings. The molecule has 7 nitrogen and oxygen atoms in total. The van der Waals surface area contributed by atoms with Gasteiger partial charge in [0.25, 0.3) is 5.91 Å². The number of hydrogen-bond donors (Lipinski definition) is 1. The zero-order chi connectivity index (χ0) is 22.5. The number of halogens is 1. The first-order valence-corrected chi connectivity index (χ1v) is 9.89. The van der Waals surface area contributed by atoms with Crippen molar-refractivity contribution < 1.29 is 23.2 Å². The molecule has 1 N–H and O–H groups in total. The second kappa shape index (κ2) is 9.51. The van der Waals surface area contributed by atoms with Gasteiger partial charge in [0.1, 0.15) is 5.82 Å². The van der Waals surface area contributed by atoms with Gasteiger partial charge in [-0.2, -0.15) is 4.98 Å². The number of hydrogen-bond acceptors (Lipinski definition) is 6. The molecule has 3 aromatic rings. The predicted molar refractivity (Wildman–Crippen MR) is 113 cm³/mol. The van der Waals surface area contributed by atoms with E-state index in [9.17, 15) is 14.0 Å². The molecular weight excluding hydrogens is 401 g/mol. The summed E-state index contributed by atoms with van der Waals surface area (Å²) in [7, 11) is 0. The van der Waals surface area contributed by atoms with Crippen molar-refractivity contribution in [2.75, 3.05) is 5.32 Å². The van der Waals surface area contributed by atoms with Gasteiger partial charge in [0, 0.05) is 17.7 Å². The number of ether oxygens (including phenoxy) is 1. The van der Waals surface area contributed by atoms with Crippen LogP contribution in [0.15, 0.2) is 40.9 Å². The minimum absolute atomic E-state index is 0.0226. The van der Waals surface area contributed by atoms with Gasteiger partial charge in [-0.3, -0.25) is 9.59 Å². The topological polar surface area (TPSA) is 94.3 Å². The van der Waals surface area contributed by atoms with E-state index in [1.54, 1.807) is 0 Å². The summed E-state index contributed by atoms with van der Waals surface area (Å²) < 4.78 is 23.4. The van der Waals surface area contributed by atoms with Crippen LogP contribution in [0.2, 0.25) is 0 Å². The second-order valence-electron chi connectivity index (χ2n) is 7.41. The number of anilines is 1. The molecular formula is C23H24FN3O4. The number of nitrogens with one attached hydrogen (secondary N) is 1. The van der Waals surface area contributed by atoms with Crippen molar-refractivity contribution in [3.63, 3.8) is 0 Å². The molecule has 162 valence electrons. The number of esters is 1. The third-order valence-electron chi connectivity index (χ3n) is 4.72. The Balaban J connectivity index is 1.51. The summed E-state index contributed by atoms with van der Waals surface area (Å²) in [6, 6.07) is 9.63. The van der Waals surface area contributed by atoms with E-state index in [0.717, 1.165) is 22.4 Å². The largest absolute Gasteiger partial charge is 0.453 e. The first-order chi connectivity index (χ1) is 14.7. The molecule has 2 aromatic carbocycles. The fourth-order valence-corrected chi connectivity index (χ4v) is 3.19. The molecule has 0 saturated heterocycles. The maximum absolute atomic E-state index is 13.0. The van der Waals surface area contributed by atoms with E-state index in [1.165, 1.54) is 31.2 Å². The van der Waals surface area contributed by atoms with Gasteiger partial charge in [-0.05, 0) is 63.1 Å². The normalized spacial score (nSPS) is 11.8. The molecule has 1 atom stereocenters. The molecule has 0 saturated carbocycles. The summed E-state index contributed by atoms with van der Waals surface area (Å²) in [5, 5.41) is 6.65. The number of amides is 1. The van der Waals surface area contributed by atoms with Crippen molar-refractivity contribution in [1.29, 1.82) is 0 Å². The lowest BCUT2D eigenvalue weighted by Crippen LogP contribution is -2.30. The highest BCUT2D eigenvalue weighted by molar-refractivity contribution is 5.96. The van der Waals surface area contributed by atoms with E-state index in [4.69, 9.17) is 9.26 Å². The zero-order valence-corrected chi connectivity index (χ0v) is 17.9. The molecule has 31 heavy (non-hydrogen) atoms. The van der Waals surface area contributed by atoms with Crippen molar-refractivity contribution in [3.05, 3.63) is 64.8 Å². The number of aryl methyl sites for hydroxylation is 4. The molecule has 1 amide bonds. The molecule has 1 heterocycles. The van der Waals surface area contributed by atoms with Crippen LogP contribution in [0, 0.1) is 26.6 Å². The lowest BCUT2D eigenvalue weighted by molar-refractivity contribution is -0.153. The fraction of sp³-hybridized carbons (Fsp3) is 0.304. The van der Waals surface area contributed by atoms with Crippen molar-refractivity contribution in [1.82, 2.24) is 10.1 Å². The van der Waals surface area contributed by atoms with E-state index < -0.39 is 18.0 Å². The van der Waals surface area contributed by atoms with Gasteiger partial charge in [-0.1, -0.05) is 22.9 Å². The van der Waals surface area contributed by atoms with Gasteiger partial charge >= 0.3 is 5.97 Å². The SMILES string of the molecule is Cc1cc(C)c(NC(=O)C(C)OC(=O)CCc2nc(-c3ccc(F)cc3)no2)c(C)c1. The molecule has 0 spiro atoms. The van der Waals surface area contributed by atoms with E-state index in [0.29, 0.717) is 11.4 Å². The van der Waals surface area contributed by atoms with Crippen molar-refractivity contribution >= 4 is 17.6 Å². The van der Waals surface area contributed by atoms with Crippen LogP contribution in [-0.2, 0) is 20.7 Å². The standard InChI is InChI=1S/C23H24FN3O4/c1-13-11-14(2)21(15(3)12-13)26-23(29)16(4)30-20(28)10-9-19-25-22(27-31-19)17-5-7-18(24)8-6-17/h5-8,11-12,16H,9-10H2,1-4H3,(H,26,29). The molecule has 0 fully saturated rings. The van der Waals surface area contributed by atoms with Gasteiger partial charge in [-0.25, -0.2) is 4.39 Å². The smallest absolute Gasteiger partial charge is 0.307 e. The van der Waals surface area contributed by atoms with Crippen molar-refractivity contribution in [2.45, 2.75) is 46.6 Å². The zero-order valence-electron chi connectivity index (χ0n) is 17.9. The molecule has 1 aromatic heterocycles. The number of carbonyl (C=O) groups is 2. The van der Waals surface area contributed by atoms with Crippen LogP contribution < -0.4 is 5.32 Å². The van der Waals surface area contributed by atoms with Crippen LogP contribution in [0.4, 0.5) is 10.1 Å². The average Bonchev–Trinajstić information content (AvgIpc) is 3.18. The maximum Gasteiger partial charge on any atom is 0.307 e. The fourth-order valence-electron chi connectivity index (χ4n) is 3.19. The molecule has 0 bridgehead atoms. The highest BCUT2D eigenvalue weighted by Gasteiger charge is 2.20. The number of aromatic nitrogens is 2. The Morgan fingerprint density at radius 2 is 1.77 bits per heavy atom. The van der Waals surface area contributed by atoms with Crippen LogP contribution in [-0.4, -0.2) is 28.1 Å². The first-order valence-electron chi connectivity index (χ1n) is 9.89. The molecule has 1 unspecified atom stereocenters. The van der Waals surface area contributed by atoms with E-state index in [2.05, 4.69) is 15.5 Å². The van der Waals surface area contributed by atoms with Crippen LogP contribution in [0.3, 0.4) is 0 Å². The molecule has 3 rings (SSSR count). The second-order valence-corrected chi connectivity index (χ2v) is 7.41. The van der Waals surface area contributed by atoms with Crippen molar-refractivity contribution in [3.8, 4) is 11.4 Å². The Kier molecular flexibility index (Phi) is 6.79. The average molecular weight is 425 g/mol. The number of rotatable bonds is 7. The Morgan fingerprint density at radius 3 is 2.42 bits per heavy atom. The highest BCUT2D eigenvalue weighted by atomic mass is 19.1. The quantitative estimate of drug-likeness (QED) is 0.567. The predicted octanol–water partition coefficient (Wildman–Crippen LogP) is 4.30. The van der Waals surface area contributed by atoms with Crippen LogP contribution in [0.25, 0.3) is 11.4 Å². The molecule has 0 radical (unpaired) electrons. The van der Waals surface area contributed by atoms with Gasteiger partial charge in [0.15, 0.2) is 6.10 Å². The van der Waals surface area contributed by atoms with Crippen LogP contribution >= 0.6 is 0 Å². The Labute approximate surface area is 179 Å². The lowest BCUT2D eigenvalue weighted by Gasteiger charge is -2.16. The first kappa shape index (κ1) is 22.1.